The summed E-state index contributed by atoms with van der Waals surface area (Å²) in [4.78, 5) is 45.6. The number of esters is 2. The number of ether oxygens (including phenoxy) is 3. The Bertz CT molecular complexity index is 1320. The van der Waals surface area contributed by atoms with Gasteiger partial charge in [-0.25, -0.2) is 18.6 Å². The van der Waals surface area contributed by atoms with Crippen molar-refractivity contribution in [3.63, 3.8) is 0 Å². The minimum atomic E-state index is -1.30. The molecule has 0 saturated carbocycles. The van der Waals surface area contributed by atoms with Gasteiger partial charge in [0.1, 0.15) is 23.2 Å². The average Bonchev–Trinajstić information content (AvgIpc) is 2.90. The first-order valence-electron chi connectivity index (χ1n) is 11.9. The van der Waals surface area contributed by atoms with Crippen molar-refractivity contribution in [1.82, 2.24) is 15.3 Å². The summed E-state index contributed by atoms with van der Waals surface area (Å²) >= 11 is 0. The van der Waals surface area contributed by atoms with Gasteiger partial charge in [-0.05, 0) is 38.5 Å². The number of anilines is 1. The summed E-state index contributed by atoms with van der Waals surface area (Å²) in [6.45, 7) is 3.17. The van der Waals surface area contributed by atoms with E-state index >= 15 is 8.78 Å². The Morgan fingerprint density at radius 1 is 1.05 bits per heavy atom. The molecule has 1 aromatic heterocycles. The Hall–Kier alpha value is -4.35. The van der Waals surface area contributed by atoms with E-state index in [2.05, 4.69) is 20.6 Å². The van der Waals surface area contributed by atoms with Gasteiger partial charge in [0.25, 0.3) is 5.91 Å². The molecule has 1 amide bonds. The third kappa shape index (κ3) is 6.90. The molecule has 0 fully saturated rings. The Morgan fingerprint density at radius 2 is 1.76 bits per heavy atom. The van der Waals surface area contributed by atoms with Crippen LogP contribution in [0.4, 0.5) is 14.6 Å². The molecular weight excluding hydrogens is 502 g/mol. The Morgan fingerprint density at radius 3 is 2.45 bits per heavy atom. The summed E-state index contributed by atoms with van der Waals surface area (Å²) in [7, 11) is 1.09. The lowest BCUT2D eigenvalue weighted by Crippen LogP contribution is -2.42. The number of amides is 1. The van der Waals surface area contributed by atoms with Crippen LogP contribution in [0.1, 0.15) is 42.6 Å². The zero-order valence-electron chi connectivity index (χ0n) is 21.2. The number of hydrogen-bond acceptors (Lipinski definition) is 9. The average molecular weight is 531 g/mol. The quantitative estimate of drug-likeness (QED) is 0.338. The van der Waals surface area contributed by atoms with Gasteiger partial charge in [-0.3, -0.25) is 14.6 Å². The van der Waals surface area contributed by atoms with Crippen LogP contribution in [0.15, 0.2) is 36.5 Å². The number of nitrogens with one attached hydrogen (secondary N) is 2. The van der Waals surface area contributed by atoms with Crippen LogP contribution in [0.2, 0.25) is 0 Å². The van der Waals surface area contributed by atoms with Crippen molar-refractivity contribution in [3.05, 3.63) is 59.3 Å². The minimum absolute atomic E-state index is 0.0141. The van der Waals surface area contributed by atoms with E-state index in [9.17, 15) is 14.4 Å². The van der Waals surface area contributed by atoms with E-state index in [4.69, 9.17) is 14.2 Å². The van der Waals surface area contributed by atoms with Gasteiger partial charge < -0.3 is 24.8 Å². The molecule has 0 spiro atoms. The van der Waals surface area contributed by atoms with Gasteiger partial charge in [0.2, 0.25) is 0 Å². The third-order valence-corrected chi connectivity index (χ3v) is 5.41. The van der Waals surface area contributed by atoms with Crippen molar-refractivity contribution < 1.29 is 37.4 Å². The van der Waals surface area contributed by atoms with Crippen molar-refractivity contribution >= 4 is 34.7 Å². The molecule has 0 radical (unpaired) electrons. The largest absolute Gasteiger partial charge is 0.493 e. The van der Waals surface area contributed by atoms with E-state index in [-0.39, 0.29) is 38.2 Å². The summed E-state index contributed by atoms with van der Waals surface area (Å²) < 4.78 is 45.2. The molecule has 2 N–H and O–H groups in total. The number of halogens is 2. The normalized spacial score (nSPS) is 11.5. The second-order valence-electron chi connectivity index (χ2n) is 7.96. The lowest BCUT2D eigenvalue weighted by molar-refractivity contribution is -0.146. The van der Waals surface area contributed by atoms with Crippen molar-refractivity contribution in [2.45, 2.75) is 39.3 Å². The van der Waals surface area contributed by atoms with Crippen LogP contribution in [0.5, 0.6) is 5.75 Å². The molecule has 1 heterocycles. The summed E-state index contributed by atoms with van der Waals surface area (Å²) in [5.41, 5.74) is 0.434. The van der Waals surface area contributed by atoms with Crippen molar-refractivity contribution in [2.24, 2.45) is 0 Å². The van der Waals surface area contributed by atoms with Gasteiger partial charge in [-0.15, -0.1) is 0 Å². The van der Waals surface area contributed by atoms with Crippen LogP contribution < -0.4 is 15.4 Å². The fourth-order valence-corrected chi connectivity index (χ4v) is 3.63. The number of nitrogens with zero attached hydrogens (tertiary/aromatic N) is 2. The molecule has 0 aliphatic rings. The van der Waals surface area contributed by atoms with Gasteiger partial charge in [-0.1, -0.05) is 12.1 Å². The number of fused-ring (bicyclic) bond motifs is 1. The SMILES string of the molecule is CCOC(=O)CCC(NC(=O)c1c(F)cc(CNc2cnc3ccccc3n2)c(F)c1OC)C(=O)OCC. The number of benzene rings is 2. The molecule has 1 atom stereocenters. The van der Waals surface area contributed by atoms with E-state index in [0.29, 0.717) is 16.9 Å². The smallest absolute Gasteiger partial charge is 0.328 e. The highest BCUT2D eigenvalue weighted by molar-refractivity contribution is 5.99. The fourth-order valence-electron chi connectivity index (χ4n) is 3.63. The first-order valence-corrected chi connectivity index (χ1v) is 11.9. The summed E-state index contributed by atoms with van der Waals surface area (Å²) in [5.74, 6) is -4.88. The van der Waals surface area contributed by atoms with Gasteiger partial charge in [0, 0.05) is 18.5 Å². The maximum Gasteiger partial charge on any atom is 0.328 e. The Balaban J connectivity index is 1.80. The minimum Gasteiger partial charge on any atom is -0.493 e. The topological polar surface area (TPSA) is 129 Å². The van der Waals surface area contributed by atoms with Crippen LogP contribution >= 0.6 is 0 Å². The van der Waals surface area contributed by atoms with Crippen LogP contribution in [0.3, 0.4) is 0 Å². The summed E-state index contributed by atoms with van der Waals surface area (Å²) in [5, 5.41) is 5.19. The molecule has 38 heavy (non-hydrogen) atoms. The van der Waals surface area contributed by atoms with Crippen molar-refractivity contribution in [2.75, 3.05) is 25.6 Å². The maximum absolute atomic E-state index is 15.3. The Kier molecular flexibility index (Phi) is 9.85. The molecule has 3 aromatic rings. The Labute approximate surface area is 217 Å². The lowest BCUT2D eigenvalue weighted by atomic mass is 10.1. The number of aromatic nitrogens is 2. The molecule has 3 rings (SSSR count). The molecule has 0 aliphatic carbocycles. The number of rotatable bonds is 12. The second kappa shape index (κ2) is 13.3. The van der Waals surface area contributed by atoms with E-state index < -0.39 is 46.8 Å². The van der Waals surface area contributed by atoms with Gasteiger partial charge in [0.15, 0.2) is 11.6 Å². The number of methoxy groups -OCH3 is 1. The highest BCUT2D eigenvalue weighted by atomic mass is 19.1. The van der Waals surface area contributed by atoms with Crippen molar-refractivity contribution in [1.29, 1.82) is 0 Å². The van der Waals surface area contributed by atoms with E-state index in [1.807, 2.05) is 6.07 Å². The zero-order valence-corrected chi connectivity index (χ0v) is 21.2. The second-order valence-corrected chi connectivity index (χ2v) is 7.96. The molecule has 0 bridgehead atoms. The number of carbonyl (C=O) groups excluding carboxylic acids is 3. The highest BCUT2D eigenvalue weighted by Gasteiger charge is 2.29. The number of carbonyl (C=O) groups is 3. The lowest BCUT2D eigenvalue weighted by Gasteiger charge is -2.19. The molecule has 1 unspecified atom stereocenters. The van der Waals surface area contributed by atoms with Crippen LogP contribution in [-0.2, 0) is 25.6 Å². The van der Waals surface area contributed by atoms with Crippen LogP contribution in [0, 0.1) is 11.6 Å². The monoisotopic (exact) mass is 530 g/mol. The maximum atomic E-state index is 15.3. The first-order chi connectivity index (χ1) is 18.3. The fraction of sp³-hybridized carbons (Fsp3) is 0.346. The van der Waals surface area contributed by atoms with Gasteiger partial charge in [-0.2, -0.15) is 0 Å². The molecule has 0 aliphatic heterocycles. The summed E-state index contributed by atoms with van der Waals surface area (Å²) in [6.07, 6.45) is 1.10. The van der Waals surface area contributed by atoms with E-state index in [1.54, 1.807) is 32.0 Å². The third-order valence-electron chi connectivity index (χ3n) is 5.41. The first kappa shape index (κ1) is 28.2. The van der Waals surface area contributed by atoms with Crippen LogP contribution in [-0.4, -0.2) is 54.2 Å². The molecule has 10 nitrogen and oxygen atoms in total. The standard InChI is InChI=1S/C26H28F2N4O6/c1-4-37-21(33)11-10-19(26(35)38-5-2)32-25(34)22-16(27)12-15(23(28)24(22)36-3)13-30-20-14-29-17-8-6-7-9-18(17)31-20/h6-9,12,14,19H,4-5,10-11,13H2,1-3H3,(H,30,31)(H,32,34). The van der Waals surface area contributed by atoms with Crippen LogP contribution in [0.25, 0.3) is 11.0 Å². The number of para-hydroxylation sites is 2. The molecule has 2 aromatic carbocycles. The highest BCUT2D eigenvalue weighted by Crippen LogP contribution is 2.29. The summed E-state index contributed by atoms with van der Waals surface area (Å²) in [6, 6.07) is 6.73. The van der Waals surface area contributed by atoms with E-state index in [1.165, 1.54) is 6.20 Å². The van der Waals surface area contributed by atoms with E-state index in [0.717, 1.165) is 13.2 Å². The molecule has 202 valence electrons. The zero-order chi connectivity index (χ0) is 27.7. The predicted molar refractivity (Wildman–Crippen MR) is 134 cm³/mol. The van der Waals surface area contributed by atoms with Crippen molar-refractivity contribution in [3.8, 4) is 5.75 Å². The number of hydrogen-bond donors (Lipinski definition) is 2. The molecule has 0 saturated heterocycles. The van der Waals surface area contributed by atoms with Gasteiger partial charge >= 0.3 is 11.9 Å². The predicted octanol–water partition coefficient (Wildman–Crippen LogP) is 3.53. The molecular formula is C26H28F2N4O6. The molecule has 12 heteroatoms. The van der Waals surface area contributed by atoms with Gasteiger partial charge in [0.05, 0.1) is 37.6 Å².